The third-order valence-electron chi connectivity index (χ3n) is 4.58. The summed E-state index contributed by atoms with van der Waals surface area (Å²) in [6.45, 7) is 3.25. The van der Waals surface area contributed by atoms with E-state index in [0.29, 0.717) is 17.7 Å². The van der Waals surface area contributed by atoms with Crippen LogP contribution in [0.1, 0.15) is 36.5 Å². The fourth-order valence-electron chi connectivity index (χ4n) is 3.10. The average Bonchev–Trinajstić information content (AvgIpc) is 3.22. The molecule has 1 N–H and O–H groups in total. The summed E-state index contributed by atoms with van der Waals surface area (Å²) in [5.74, 6) is -0.997. The van der Waals surface area contributed by atoms with Gasteiger partial charge >= 0.3 is 0 Å². The number of halogens is 1. The molecule has 142 valence electrons. The summed E-state index contributed by atoms with van der Waals surface area (Å²) in [4.78, 5) is 27.2. The predicted molar refractivity (Wildman–Crippen MR) is 101 cm³/mol. The molecule has 1 fully saturated rings. The SMILES string of the molecule is CC[C@@H](Oc1ccccc1F)C(=O)Nc1ccccc1C(=O)N1CCCC1. The van der Waals surface area contributed by atoms with Crippen molar-refractivity contribution >= 4 is 17.5 Å². The number of carbonyl (C=O) groups is 2. The minimum Gasteiger partial charge on any atom is -0.478 e. The van der Waals surface area contributed by atoms with E-state index in [1.54, 1.807) is 48.2 Å². The standard InChI is InChI=1S/C21H23FN2O3/c1-2-18(27-19-12-6-4-10-16(19)22)20(25)23-17-11-5-3-9-15(17)21(26)24-13-7-8-14-24/h3-6,9-12,18H,2,7-8,13-14H2,1H3,(H,23,25)/t18-/m1/s1. The van der Waals surface area contributed by atoms with Gasteiger partial charge in [-0.05, 0) is 43.5 Å². The molecule has 0 spiro atoms. The number of likely N-dealkylation sites (tertiary alicyclic amines) is 1. The van der Waals surface area contributed by atoms with E-state index in [1.807, 2.05) is 0 Å². The van der Waals surface area contributed by atoms with Crippen LogP contribution in [0.25, 0.3) is 0 Å². The second-order valence-electron chi connectivity index (χ2n) is 6.48. The summed E-state index contributed by atoms with van der Waals surface area (Å²) in [6, 6.07) is 12.9. The molecular formula is C21H23FN2O3. The van der Waals surface area contributed by atoms with E-state index in [2.05, 4.69) is 5.32 Å². The molecule has 0 aliphatic carbocycles. The number of benzene rings is 2. The minimum absolute atomic E-state index is 0.0286. The van der Waals surface area contributed by atoms with Crippen molar-refractivity contribution in [2.24, 2.45) is 0 Å². The second kappa shape index (κ2) is 8.66. The number of anilines is 1. The van der Waals surface area contributed by atoms with E-state index in [9.17, 15) is 14.0 Å². The summed E-state index contributed by atoms with van der Waals surface area (Å²) < 4.78 is 19.4. The van der Waals surface area contributed by atoms with Gasteiger partial charge in [-0.25, -0.2) is 4.39 Å². The molecule has 1 atom stereocenters. The third-order valence-corrected chi connectivity index (χ3v) is 4.58. The van der Waals surface area contributed by atoms with Gasteiger partial charge in [0, 0.05) is 13.1 Å². The van der Waals surface area contributed by atoms with Gasteiger partial charge in [-0.15, -0.1) is 0 Å². The number of carbonyl (C=O) groups excluding carboxylic acids is 2. The number of para-hydroxylation sites is 2. The van der Waals surface area contributed by atoms with E-state index < -0.39 is 17.8 Å². The summed E-state index contributed by atoms with van der Waals surface area (Å²) in [5.41, 5.74) is 0.892. The van der Waals surface area contributed by atoms with E-state index in [0.717, 1.165) is 25.9 Å². The lowest BCUT2D eigenvalue weighted by Gasteiger charge is -2.20. The van der Waals surface area contributed by atoms with Gasteiger partial charge in [0.1, 0.15) is 0 Å². The number of nitrogens with one attached hydrogen (secondary N) is 1. The normalized spacial score (nSPS) is 14.7. The molecule has 0 aromatic heterocycles. The second-order valence-corrected chi connectivity index (χ2v) is 6.48. The van der Waals surface area contributed by atoms with Crippen LogP contribution in [0.4, 0.5) is 10.1 Å². The monoisotopic (exact) mass is 370 g/mol. The van der Waals surface area contributed by atoms with E-state index in [4.69, 9.17) is 4.74 Å². The molecule has 0 bridgehead atoms. The van der Waals surface area contributed by atoms with Gasteiger partial charge in [0.15, 0.2) is 17.7 Å². The Bertz CT molecular complexity index is 819. The van der Waals surface area contributed by atoms with Crippen molar-refractivity contribution in [2.45, 2.75) is 32.3 Å². The maximum absolute atomic E-state index is 13.8. The van der Waals surface area contributed by atoms with Crippen molar-refractivity contribution in [3.63, 3.8) is 0 Å². The van der Waals surface area contributed by atoms with Gasteiger partial charge in [-0.1, -0.05) is 31.2 Å². The van der Waals surface area contributed by atoms with Crippen molar-refractivity contribution in [2.75, 3.05) is 18.4 Å². The van der Waals surface area contributed by atoms with Crippen molar-refractivity contribution in [3.05, 3.63) is 59.9 Å². The number of amides is 2. The predicted octanol–water partition coefficient (Wildman–Crippen LogP) is 3.86. The van der Waals surface area contributed by atoms with Crippen molar-refractivity contribution in [1.82, 2.24) is 4.90 Å². The maximum Gasteiger partial charge on any atom is 0.265 e. The zero-order chi connectivity index (χ0) is 19.2. The average molecular weight is 370 g/mol. The lowest BCUT2D eigenvalue weighted by atomic mass is 10.1. The van der Waals surface area contributed by atoms with Crippen LogP contribution in [0.3, 0.4) is 0 Å². The Balaban J connectivity index is 1.74. The van der Waals surface area contributed by atoms with Gasteiger partial charge < -0.3 is 15.0 Å². The van der Waals surface area contributed by atoms with Crippen LogP contribution in [-0.2, 0) is 4.79 Å². The molecule has 5 nitrogen and oxygen atoms in total. The molecule has 2 amide bonds. The summed E-state index contributed by atoms with van der Waals surface area (Å²) in [5, 5.41) is 2.77. The van der Waals surface area contributed by atoms with Gasteiger partial charge in [0.05, 0.1) is 11.3 Å². The molecule has 1 saturated heterocycles. The van der Waals surface area contributed by atoms with E-state index in [1.165, 1.54) is 12.1 Å². The summed E-state index contributed by atoms with van der Waals surface area (Å²) in [6.07, 6.45) is 1.49. The first-order valence-corrected chi connectivity index (χ1v) is 9.20. The first-order valence-electron chi connectivity index (χ1n) is 9.20. The highest BCUT2D eigenvalue weighted by atomic mass is 19.1. The molecule has 1 heterocycles. The van der Waals surface area contributed by atoms with Crippen LogP contribution in [0.5, 0.6) is 5.75 Å². The molecule has 0 saturated carbocycles. The van der Waals surface area contributed by atoms with E-state index >= 15 is 0 Å². The Morgan fingerprint density at radius 3 is 2.48 bits per heavy atom. The van der Waals surface area contributed by atoms with E-state index in [-0.39, 0.29) is 11.7 Å². The Labute approximate surface area is 158 Å². The highest BCUT2D eigenvalue weighted by Crippen LogP contribution is 2.22. The topological polar surface area (TPSA) is 58.6 Å². The van der Waals surface area contributed by atoms with Crippen LogP contribution in [-0.4, -0.2) is 35.9 Å². The fraction of sp³-hybridized carbons (Fsp3) is 0.333. The molecule has 1 aliphatic rings. The zero-order valence-corrected chi connectivity index (χ0v) is 15.3. The van der Waals surface area contributed by atoms with Crippen LogP contribution in [0.2, 0.25) is 0 Å². The number of nitrogens with zero attached hydrogens (tertiary/aromatic N) is 1. The van der Waals surface area contributed by atoms with Gasteiger partial charge in [0.25, 0.3) is 11.8 Å². The van der Waals surface area contributed by atoms with Crippen molar-refractivity contribution in [3.8, 4) is 5.75 Å². The molecule has 0 radical (unpaired) electrons. The van der Waals surface area contributed by atoms with Gasteiger partial charge in [0.2, 0.25) is 0 Å². The summed E-state index contributed by atoms with van der Waals surface area (Å²) in [7, 11) is 0. The first kappa shape index (κ1) is 18.9. The number of ether oxygens (including phenoxy) is 1. The fourth-order valence-corrected chi connectivity index (χ4v) is 3.10. The third kappa shape index (κ3) is 4.45. The number of hydrogen-bond acceptors (Lipinski definition) is 3. The minimum atomic E-state index is -0.864. The van der Waals surface area contributed by atoms with Crippen LogP contribution < -0.4 is 10.1 Å². The zero-order valence-electron chi connectivity index (χ0n) is 15.3. The quantitative estimate of drug-likeness (QED) is 0.840. The Morgan fingerprint density at radius 1 is 1.11 bits per heavy atom. The lowest BCUT2D eigenvalue weighted by Crippen LogP contribution is -2.34. The summed E-state index contributed by atoms with van der Waals surface area (Å²) >= 11 is 0. The Hall–Kier alpha value is -2.89. The maximum atomic E-state index is 13.8. The Morgan fingerprint density at radius 2 is 1.78 bits per heavy atom. The van der Waals surface area contributed by atoms with Gasteiger partial charge in [-0.2, -0.15) is 0 Å². The molecule has 6 heteroatoms. The molecular weight excluding hydrogens is 347 g/mol. The van der Waals surface area contributed by atoms with Crippen molar-refractivity contribution < 1.29 is 18.7 Å². The van der Waals surface area contributed by atoms with Crippen LogP contribution in [0.15, 0.2) is 48.5 Å². The molecule has 1 aliphatic heterocycles. The molecule has 2 aromatic carbocycles. The largest absolute Gasteiger partial charge is 0.478 e. The number of rotatable bonds is 6. The molecule has 2 aromatic rings. The smallest absolute Gasteiger partial charge is 0.265 e. The lowest BCUT2D eigenvalue weighted by molar-refractivity contribution is -0.122. The highest BCUT2D eigenvalue weighted by molar-refractivity contribution is 6.04. The van der Waals surface area contributed by atoms with Crippen LogP contribution >= 0.6 is 0 Å². The molecule has 3 rings (SSSR count). The molecule has 0 unspecified atom stereocenters. The molecule has 27 heavy (non-hydrogen) atoms. The Kier molecular flexibility index (Phi) is 6.06. The van der Waals surface area contributed by atoms with Crippen molar-refractivity contribution in [1.29, 1.82) is 0 Å². The first-order chi connectivity index (χ1) is 13.1. The van der Waals surface area contributed by atoms with Gasteiger partial charge in [-0.3, -0.25) is 9.59 Å². The number of hydrogen-bond donors (Lipinski definition) is 1. The van der Waals surface area contributed by atoms with Crippen LogP contribution in [0, 0.1) is 5.82 Å². The highest BCUT2D eigenvalue weighted by Gasteiger charge is 2.25.